The van der Waals surface area contributed by atoms with Crippen LogP contribution in [-0.4, -0.2) is 66.0 Å². The minimum absolute atomic E-state index is 0.0936. The molecule has 0 radical (unpaired) electrons. The third kappa shape index (κ3) is 8.18. The Labute approximate surface area is 274 Å². The molecule has 10 nitrogen and oxygen atoms in total. The number of aliphatic hydroxyl groups is 1. The topological polar surface area (TPSA) is 143 Å². The fourth-order valence-corrected chi connectivity index (χ4v) is 8.04. The Balaban J connectivity index is 1.73. The second-order valence-corrected chi connectivity index (χ2v) is 14.3. The van der Waals surface area contributed by atoms with Gasteiger partial charge in [-0.1, -0.05) is 92.7 Å². The van der Waals surface area contributed by atoms with Crippen LogP contribution in [0.2, 0.25) is 0 Å². The van der Waals surface area contributed by atoms with Crippen LogP contribution in [0.1, 0.15) is 53.2 Å². The lowest BCUT2D eigenvalue weighted by atomic mass is 9.84. The van der Waals surface area contributed by atoms with Crippen LogP contribution < -0.4 is 5.73 Å². The van der Waals surface area contributed by atoms with Crippen molar-refractivity contribution in [1.82, 2.24) is 14.2 Å². The maximum Gasteiger partial charge on any atom is 0.410 e. The van der Waals surface area contributed by atoms with E-state index in [-0.39, 0.29) is 23.9 Å². The molecule has 244 valence electrons. The summed E-state index contributed by atoms with van der Waals surface area (Å²) in [6.07, 6.45) is 1.32. The van der Waals surface area contributed by atoms with Gasteiger partial charge in [0.25, 0.3) is 0 Å². The zero-order valence-corrected chi connectivity index (χ0v) is 27.7. The van der Waals surface area contributed by atoms with Gasteiger partial charge >= 0.3 is 6.09 Å². The number of amides is 2. The van der Waals surface area contributed by atoms with Crippen molar-refractivity contribution >= 4 is 33.4 Å². The molecule has 0 aliphatic carbocycles. The number of sulfonamides is 1. The number of carbonyl (C=O) groups excluding carboxylic acids is 2. The summed E-state index contributed by atoms with van der Waals surface area (Å²) in [5.74, 6) is -1.13. The van der Waals surface area contributed by atoms with Crippen LogP contribution >= 0.6 is 11.3 Å². The summed E-state index contributed by atoms with van der Waals surface area (Å²) in [5, 5.41) is 10.9. The SMILES string of the molecule is COC(=O)N(Cc1cnc(C(CO)N(CCC(C)C)S(=O)(=O)c2ccccc2)s1)[C@H](C(N)=O)C(c1ccccc1)c1ccccc1. The van der Waals surface area contributed by atoms with Gasteiger partial charge in [0, 0.05) is 23.5 Å². The van der Waals surface area contributed by atoms with E-state index in [9.17, 15) is 23.1 Å². The third-order valence-corrected chi connectivity index (χ3v) is 10.7. The molecule has 0 aliphatic rings. The molecule has 0 saturated carbocycles. The number of aromatic nitrogens is 1. The zero-order valence-electron chi connectivity index (χ0n) is 26.1. The van der Waals surface area contributed by atoms with Crippen LogP contribution in [0.3, 0.4) is 0 Å². The van der Waals surface area contributed by atoms with E-state index in [1.54, 1.807) is 18.2 Å². The second-order valence-electron chi connectivity index (χ2n) is 11.2. The monoisotopic (exact) mass is 664 g/mol. The van der Waals surface area contributed by atoms with Crippen molar-refractivity contribution in [3.63, 3.8) is 0 Å². The van der Waals surface area contributed by atoms with E-state index in [2.05, 4.69) is 4.98 Å². The molecule has 0 saturated heterocycles. The molecule has 2 amide bonds. The van der Waals surface area contributed by atoms with Crippen LogP contribution in [0.4, 0.5) is 4.79 Å². The summed E-state index contributed by atoms with van der Waals surface area (Å²) in [5.41, 5.74) is 7.59. The first-order valence-corrected chi connectivity index (χ1v) is 17.2. The molecule has 46 heavy (non-hydrogen) atoms. The number of carbonyl (C=O) groups is 2. The summed E-state index contributed by atoms with van der Waals surface area (Å²) in [6.45, 7) is 3.56. The molecule has 1 aromatic heterocycles. The standard InChI is InChI=1S/C34H40N4O6S2/c1-24(2)19-20-38(46(42,43)28-17-11-6-12-18-28)29(23-39)33-36-21-27(45-33)22-37(34(41)44-3)31(32(35)40)30(25-13-7-4-8-14-25)26-15-9-5-10-16-26/h4-18,21,24,29-31,39H,19-20,22-23H2,1-3H3,(H2,35,40)/t29?,31-/m0/s1. The van der Waals surface area contributed by atoms with Crippen molar-refractivity contribution in [2.75, 3.05) is 20.3 Å². The highest BCUT2D eigenvalue weighted by atomic mass is 32.2. The summed E-state index contributed by atoms with van der Waals surface area (Å²) in [7, 11) is -2.76. The molecule has 2 atom stereocenters. The second kappa shape index (κ2) is 15.9. The lowest BCUT2D eigenvalue weighted by molar-refractivity contribution is -0.123. The van der Waals surface area contributed by atoms with Crippen molar-refractivity contribution < 1.29 is 27.9 Å². The highest BCUT2D eigenvalue weighted by Gasteiger charge is 2.39. The van der Waals surface area contributed by atoms with Crippen molar-refractivity contribution in [2.24, 2.45) is 11.7 Å². The Morgan fingerprint density at radius 3 is 1.96 bits per heavy atom. The average Bonchev–Trinajstić information content (AvgIpc) is 3.53. The first-order chi connectivity index (χ1) is 22.1. The van der Waals surface area contributed by atoms with E-state index in [1.165, 1.54) is 34.6 Å². The smallest absolute Gasteiger partial charge is 0.410 e. The predicted octanol–water partition coefficient (Wildman–Crippen LogP) is 5.17. The highest BCUT2D eigenvalue weighted by molar-refractivity contribution is 7.89. The molecule has 4 rings (SSSR count). The minimum atomic E-state index is -3.99. The van der Waals surface area contributed by atoms with Crippen molar-refractivity contribution in [3.8, 4) is 0 Å². The van der Waals surface area contributed by atoms with Crippen molar-refractivity contribution in [2.45, 2.75) is 49.7 Å². The fraction of sp³-hybridized carbons (Fsp3) is 0.324. The Kier molecular flexibility index (Phi) is 12.1. The first kappa shape index (κ1) is 34.8. The quantitative estimate of drug-likeness (QED) is 0.179. The number of benzene rings is 3. The van der Waals surface area contributed by atoms with Gasteiger partial charge < -0.3 is 15.6 Å². The molecule has 12 heteroatoms. The van der Waals surface area contributed by atoms with Crippen LogP contribution in [0.15, 0.2) is 102 Å². The number of nitrogens with two attached hydrogens (primary N) is 1. The van der Waals surface area contributed by atoms with Gasteiger partial charge in [0.05, 0.1) is 31.2 Å². The van der Waals surface area contributed by atoms with E-state index in [0.29, 0.717) is 16.3 Å². The molecular formula is C34H40N4O6S2. The number of hydrogen-bond acceptors (Lipinski definition) is 8. The highest BCUT2D eigenvalue weighted by Crippen LogP contribution is 2.35. The molecule has 3 N–H and O–H groups in total. The van der Waals surface area contributed by atoms with Crippen LogP contribution in [-0.2, 0) is 26.1 Å². The largest absolute Gasteiger partial charge is 0.453 e. The van der Waals surface area contributed by atoms with Crippen LogP contribution in [0, 0.1) is 5.92 Å². The first-order valence-electron chi connectivity index (χ1n) is 14.9. The van der Waals surface area contributed by atoms with E-state index in [1.807, 2.05) is 74.5 Å². The normalized spacial score (nSPS) is 13.1. The van der Waals surface area contributed by atoms with E-state index >= 15 is 0 Å². The van der Waals surface area contributed by atoms with Gasteiger partial charge in [0.15, 0.2) is 0 Å². The Bertz CT molecular complexity index is 1630. The number of methoxy groups -OCH3 is 1. The van der Waals surface area contributed by atoms with Crippen molar-refractivity contribution in [3.05, 3.63) is 118 Å². The summed E-state index contributed by atoms with van der Waals surface area (Å²) >= 11 is 1.15. The Morgan fingerprint density at radius 2 is 1.48 bits per heavy atom. The number of ether oxygens (including phenoxy) is 1. The molecule has 0 aliphatic heterocycles. The van der Waals surface area contributed by atoms with Gasteiger partial charge in [-0.3, -0.25) is 9.69 Å². The number of rotatable bonds is 15. The molecule has 1 heterocycles. The van der Waals surface area contributed by atoms with Gasteiger partial charge in [-0.15, -0.1) is 11.3 Å². The third-order valence-electron chi connectivity index (χ3n) is 7.65. The van der Waals surface area contributed by atoms with Crippen LogP contribution in [0.25, 0.3) is 0 Å². The zero-order chi connectivity index (χ0) is 33.3. The number of primary amides is 1. The Morgan fingerprint density at radius 1 is 0.935 bits per heavy atom. The van der Waals surface area contributed by atoms with E-state index in [4.69, 9.17) is 10.5 Å². The lowest BCUT2D eigenvalue weighted by Crippen LogP contribution is -2.51. The van der Waals surface area contributed by atoms with Crippen LogP contribution in [0.5, 0.6) is 0 Å². The Hall–Kier alpha value is -4.10. The molecule has 4 aromatic rings. The predicted molar refractivity (Wildman–Crippen MR) is 177 cm³/mol. The average molecular weight is 665 g/mol. The number of nitrogens with zero attached hydrogens (tertiary/aromatic N) is 3. The fourth-order valence-electron chi connectivity index (χ4n) is 5.34. The summed E-state index contributed by atoms with van der Waals surface area (Å²) in [6, 6.07) is 24.6. The number of aliphatic hydroxyl groups excluding tert-OH is 1. The maximum absolute atomic E-state index is 13.8. The van der Waals surface area contributed by atoms with E-state index < -0.39 is 46.6 Å². The molecule has 0 spiro atoms. The molecule has 0 fully saturated rings. The minimum Gasteiger partial charge on any atom is -0.453 e. The number of hydrogen-bond donors (Lipinski definition) is 2. The van der Waals surface area contributed by atoms with Gasteiger partial charge in [-0.25, -0.2) is 18.2 Å². The number of thiazole rings is 1. The molecule has 3 aromatic carbocycles. The maximum atomic E-state index is 13.8. The van der Waals surface area contributed by atoms with E-state index in [0.717, 1.165) is 22.5 Å². The van der Waals surface area contributed by atoms with Gasteiger partial charge in [-0.2, -0.15) is 4.31 Å². The molecule has 1 unspecified atom stereocenters. The summed E-state index contributed by atoms with van der Waals surface area (Å²) in [4.78, 5) is 33.0. The van der Waals surface area contributed by atoms with Crippen molar-refractivity contribution in [1.29, 1.82) is 0 Å². The van der Waals surface area contributed by atoms with Gasteiger partial charge in [0.2, 0.25) is 15.9 Å². The molecule has 0 bridgehead atoms. The summed E-state index contributed by atoms with van der Waals surface area (Å²) < 4.78 is 34.0. The molecular weight excluding hydrogens is 625 g/mol. The lowest BCUT2D eigenvalue weighted by Gasteiger charge is -2.34. The van der Waals surface area contributed by atoms with Gasteiger partial charge in [-0.05, 0) is 35.6 Å². The van der Waals surface area contributed by atoms with Gasteiger partial charge in [0.1, 0.15) is 11.0 Å².